The third kappa shape index (κ3) is 4.98. The molecule has 17 heavy (non-hydrogen) atoms. The number of nitrogens with zero attached hydrogens (tertiary/aromatic N) is 1. The van der Waals surface area contributed by atoms with Crippen molar-refractivity contribution in [2.75, 3.05) is 11.9 Å². The number of carbonyl (C=O) groups is 1. The average Bonchev–Trinajstić information content (AvgIpc) is 2.38. The zero-order valence-corrected chi connectivity index (χ0v) is 10.7. The summed E-state index contributed by atoms with van der Waals surface area (Å²) in [6, 6.07) is 11.0. The monoisotopic (exact) mass is 297 g/mol. The lowest BCUT2D eigenvalue weighted by atomic mass is 10.2. The summed E-state index contributed by atoms with van der Waals surface area (Å²) in [5, 5.41) is 9.30. The van der Waals surface area contributed by atoms with Crippen LogP contribution in [-0.2, 0) is 20.9 Å². The predicted molar refractivity (Wildman–Crippen MR) is 65.4 cm³/mol. The van der Waals surface area contributed by atoms with Gasteiger partial charge in [-0.2, -0.15) is 5.26 Å². The molecule has 4 nitrogen and oxygen atoms in total. The van der Waals surface area contributed by atoms with Gasteiger partial charge in [0.2, 0.25) is 6.10 Å². The molecular formula is C12H12BrNO3. The van der Waals surface area contributed by atoms with Crippen LogP contribution < -0.4 is 0 Å². The Bertz CT molecular complexity index is 388. The summed E-state index contributed by atoms with van der Waals surface area (Å²) >= 11 is 3.15. The molecule has 1 atom stereocenters. The molecule has 0 bridgehead atoms. The molecule has 0 aliphatic rings. The van der Waals surface area contributed by atoms with Gasteiger partial charge >= 0.3 is 5.97 Å². The maximum absolute atomic E-state index is 11.5. The van der Waals surface area contributed by atoms with E-state index in [1.54, 1.807) is 6.07 Å². The lowest BCUT2D eigenvalue weighted by Gasteiger charge is -2.09. The number of esters is 1. The Hall–Kier alpha value is -1.38. The first-order valence-electron chi connectivity index (χ1n) is 5.05. The zero-order valence-electron chi connectivity index (χ0n) is 9.14. The zero-order chi connectivity index (χ0) is 12.5. The Kier molecular flexibility index (Phi) is 6.30. The molecule has 90 valence electrons. The summed E-state index contributed by atoms with van der Waals surface area (Å²) in [7, 11) is 0. The molecule has 0 fully saturated rings. The van der Waals surface area contributed by atoms with Crippen LogP contribution in [0.3, 0.4) is 0 Å². The number of hydrogen-bond acceptors (Lipinski definition) is 4. The molecular weight excluding hydrogens is 286 g/mol. The number of nitriles is 1. The van der Waals surface area contributed by atoms with Crippen LogP contribution in [0.25, 0.3) is 0 Å². The van der Waals surface area contributed by atoms with E-state index in [1.165, 1.54) is 0 Å². The second kappa shape index (κ2) is 7.82. The topological polar surface area (TPSA) is 59.3 Å². The Balaban J connectivity index is 2.40. The van der Waals surface area contributed by atoms with Crippen LogP contribution in [0.4, 0.5) is 0 Å². The van der Waals surface area contributed by atoms with Crippen molar-refractivity contribution >= 4 is 21.9 Å². The molecule has 1 rings (SSSR count). The molecule has 0 aromatic heterocycles. The quantitative estimate of drug-likeness (QED) is 0.595. The van der Waals surface area contributed by atoms with Crippen LogP contribution in [0, 0.1) is 11.3 Å². The van der Waals surface area contributed by atoms with Gasteiger partial charge in [0.1, 0.15) is 12.7 Å². The minimum absolute atomic E-state index is 0.148. The van der Waals surface area contributed by atoms with Gasteiger partial charge in [-0.15, -0.1) is 0 Å². The summed E-state index contributed by atoms with van der Waals surface area (Å²) in [4.78, 5) is 11.5. The van der Waals surface area contributed by atoms with Crippen molar-refractivity contribution in [3.8, 4) is 6.07 Å². The van der Waals surface area contributed by atoms with E-state index in [0.717, 1.165) is 5.56 Å². The van der Waals surface area contributed by atoms with Crippen molar-refractivity contribution in [3.05, 3.63) is 35.9 Å². The van der Waals surface area contributed by atoms with Gasteiger partial charge in [-0.05, 0) is 5.56 Å². The highest BCUT2D eigenvalue weighted by atomic mass is 79.9. The summed E-state index contributed by atoms with van der Waals surface area (Å²) in [5.74, 6) is -0.655. The third-order valence-corrected chi connectivity index (χ3v) is 2.24. The van der Waals surface area contributed by atoms with Crippen molar-refractivity contribution in [2.45, 2.75) is 12.7 Å². The molecule has 0 saturated heterocycles. The first-order valence-corrected chi connectivity index (χ1v) is 6.18. The maximum Gasteiger partial charge on any atom is 0.350 e. The van der Waals surface area contributed by atoms with Crippen LogP contribution in [0.5, 0.6) is 0 Å². The number of alkyl halides is 1. The van der Waals surface area contributed by atoms with Gasteiger partial charge in [-0.25, -0.2) is 4.79 Å². The minimum Gasteiger partial charge on any atom is -0.458 e. The number of benzene rings is 1. The highest BCUT2D eigenvalue weighted by Crippen LogP contribution is 2.03. The summed E-state index contributed by atoms with van der Waals surface area (Å²) in [6.07, 6.45) is -1.16. The van der Waals surface area contributed by atoms with E-state index >= 15 is 0 Å². The van der Waals surface area contributed by atoms with Gasteiger partial charge < -0.3 is 9.47 Å². The average molecular weight is 298 g/mol. The molecule has 1 aromatic carbocycles. The molecule has 0 spiro atoms. The lowest BCUT2D eigenvalue weighted by Crippen LogP contribution is -2.25. The number of carbonyl (C=O) groups excluding carboxylic acids is 1. The number of rotatable bonds is 6. The van der Waals surface area contributed by atoms with Crippen molar-refractivity contribution in [3.63, 3.8) is 0 Å². The smallest absolute Gasteiger partial charge is 0.350 e. The fraction of sp³-hybridized carbons (Fsp3) is 0.333. The molecule has 0 saturated carbocycles. The van der Waals surface area contributed by atoms with Gasteiger partial charge in [-0.3, -0.25) is 0 Å². The van der Waals surface area contributed by atoms with Crippen LogP contribution >= 0.6 is 15.9 Å². The third-order valence-electron chi connectivity index (χ3n) is 1.92. The molecule has 0 aliphatic carbocycles. The Morgan fingerprint density at radius 2 is 2.12 bits per heavy atom. The van der Waals surface area contributed by atoms with Gasteiger partial charge in [-0.1, -0.05) is 46.3 Å². The van der Waals surface area contributed by atoms with E-state index in [9.17, 15) is 4.79 Å². The first kappa shape index (κ1) is 13.7. The van der Waals surface area contributed by atoms with Gasteiger partial charge in [0.25, 0.3) is 0 Å². The molecule has 1 aromatic rings. The van der Waals surface area contributed by atoms with Crippen molar-refractivity contribution in [2.24, 2.45) is 0 Å². The van der Waals surface area contributed by atoms with Gasteiger partial charge in [0, 0.05) is 5.33 Å². The highest BCUT2D eigenvalue weighted by Gasteiger charge is 2.19. The second-order valence-electron chi connectivity index (χ2n) is 3.16. The Morgan fingerprint density at radius 3 is 2.71 bits per heavy atom. The summed E-state index contributed by atoms with van der Waals surface area (Å²) in [6.45, 7) is 0.439. The van der Waals surface area contributed by atoms with Gasteiger partial charge in [0.05, 0.1) is 6.61 Å². The molecule has 0 radical (unpaired) electrons. The molecule has 1 unspecified atom stereocenters. The molecule has 0 aliphatic heterocycles. The Morgan fingerprint density at radius 1 is 1.41 bits per heavy atom. The van der Waals surface area contributed by atoms with E-state index in [4.69, 9.17) is 14.7 Å². The second-order valence-corrected chi connectivity index (χ2v) is 3.96. The molecule has 5 heteroatoms. The first-order chi connectivity index (χ1) is 8.27. The fourth-order valence-corrected chi connectivity index (χ4v) is 1.31. The fourth-order valence-electron chi connectivity index (χ4n) is 1.12. The summed E-state index contributed by atoms with van der Waals surface area (Å²) in [5.41, 5.74) is 0.873. The molecule has 0 N–H and O–H groups in total. The lowest BCUT2D eigenvalue weighted by molar-refractivity contribution is -0.154. The molecule has 0 heterocycles. The predicted octanol–water partition coefficient (Wildman–Crippen LogP) is 2.03. The van der Waals surface area contributed by atoms with Crippen LogP contribution in [-0.4, -0.2) is 24.0 Å². The largest absolute Gasteiger partial charge is 0.458 e. The SMILES string of the molecule is N#CC(OCCBr)C(=O)OCc1ccccc1. The van der Waals surface area contributed by atoms with E-state index in [1.807, 2.05) is 30.3 Å². The van der Waals surface area contributed by atoms with E-state index in [-0.39, 0.29) is 6.61 Å². The van der Waals surface area contributed by atoms with Crippen molar-refractivity contribution in [1.82, 2.24) is 0 Å². The van der Waals surface area contributed by atoms with Crippen LogP contribution in [0.15, 0.2) is 30.3 Å². The van der Waals surface area contributed by atoms with Crippen molar-refractivity contribution < 1.29 is 14.3 Å². The number of hydrogen-bond donors (Lipinski definition) is 0. The van der Waals surface area contributed by atoms with Gasteiger partial charge in [0.15, 0.2) is 0 Å². The molecule has 0 amide bonds. The normalized spacial score (nSPS) is 11.5. The van der Waals surface area contributed by atoms with E-state index in [2.05, 4.69) is 15.9 Å². The van der Waals surface area contributed by atoms with Crippen LogP contribution in [0.1, 0.15) is 5.56 Å². The Labute approximate surface area is 108 Å². The van der Waals surface area contributed by atoms with E-state index in [0.29, 0.717) is 11.9 Å². The standard InChI is InChI=1S/C12H12BrNO3/c13-6-7-16-11(8-14)12(15)17-9-10-4-2-1-3-5-10/h1-5,11H,6-7,9H2. The highest BCUT2D eigenvalue weighted by molar-refractivity contribution is 9.09. The maximum atomic E-state index is 11.5. The van der Waals surface area contributed by atoms with E-state index < -0.39 is 12.1 Å². The number of halogens is 1. The van der Waals surface area contributed by atoms with Crippen LogP contribution in [0.2, 0.25) is 0 Å². The number of ether oxygens (including phenoxy) is 2. The minimum atomic E-state index is -1.16. The van der Waals surface area contributed by atoms with Crippen molar-refractivity contribution in [1.29, 1.82) is 5.26 Å². The summed E-state index contributed by atoms with van der Waals surface area (Å²) < 4.78 is 9.98.